The van der Waals surface area contributed by atoms with Gasteiger partial charge in [0.25, 0.3) is 0 Å². The second-order valence-electron chi connectivity index (χ2n) is 10.5. The van der Waals surface area contributed by atoms with E-state index in [1.54, 1.807) is 0 Å². The van der Waals surface area contributed by atoms with E-state index >= 15 is 0 Å². The average Bonchev–Trinajstić information content (AvgIpc) is 3.11. The Balaban J connectivity index is 2.07. The van der Waals surface area contributed by atoms with Crippen molar-refractivity contribution in [3.8, 4) is 11.1 Å². The van der Waals surface area contributed by atoms with Crippen LogP contribution in [-0.2, 0) is 20.8 Å². The van der Waals surface area contributed by atoms with Gasteiger partial charge in [-0.2, -0.15) is 0 Å². The van der Waals surface area contributed by atoms with E-state index in [1.165, 1.54) is 11.2 Å². The molecule has 6 nitrogen and oxygen atoms in total. The van der Waals surface area contributed by atoms with Crippen molar-refractivity contribution in [2.75, 3.05) is 31.2 Å². The van der Waals surface area contributed by atoms with E-state index in [1.807, 2.05) is 27.7 Å². The number of anilines is 1. The second-order valence-corrected chi connectivity index (χ2v) is 10.5. The van der Waals surface area contributed by atoms with Crippen molar-refractivity contribution < 1.29 is 19.4 Å². The number of nitrogens with zero attached hydrogens (tertiary/aromatic N) is 2. The molecule has 0 aliphatic carbocycles. The number of carboxylic acid groups (broad SMARTS) is 1. The summed E-state index contributed by atoms with van der Waals surface area (Å²) in [5.41, 5.74) is 7.63. The zero-order valence-corrected chi connectivity index (χ0v) is 22.1. The Labute approximate surface area is 208 Å². The Bertz CT molecular complexity index is 1230. The van der Waals surface area contributed by atoms with Crippen molar-refractivity contribution >= 4 is 22.6 Å². The zero-order chi connectivity index (χ0) is 25.5. The summed E-state index contributed by atoms with van der Waals surface area (Å²) in [4.78, 5) is 15.1. The molecular formula is C29H38N2O4. The van der Waals surface area contributed by atoms with Crippen LogP contribution in [0, 0.1) is 20.8 Å². The van der Waals surface area contributed by atoms with E-state index in [-0.39, 0.29) is 0 Å². The molecule has 188 valence electrons. The molecule has 0 spiro atoms. The van der Waals surface area contributed by atoms with Crippen LogP contribution in [0.2, 0.25) is 0 Å². The van der Waals surface area contributed by atoms with Crippen LogP contribution in [0.4, 0.5) is 5.69 Å². The first kappa shape index (κ1) is 25.3. The molecule has 0 saturated carbocycles. The van der Waals surface area contributed by atoms with E-state index < -0.39 is 17.7 Å². The molecule has 6 heteroatoms. The van der Waals surface area contributed by atoms with Gasteiger partial charge >= 0.3 is 5.97 Å². The fraction of sp³-hybridized carbons (Fsp3) is 0.483. The Morgan fingerprint density at radius 3 is 2.40 bits per heavy atom. The standard InChI is InChI=1S/C29H38N2O4/c1-8-34-16-15-30-13-14-31-19(3)17-22-24(21-11-9-18(2)10-12-21)23(20(4)25(30)26(22)31)27(28(32)33)35-29(5,6)7/h9-12,17,27H,8,13-16H2,1-7H3,(H,32,33). The SMILES string of the molecule is CCOCCN1CCn2c(C)cc3c(-c4ccc(C)cc4)c(C(OC(C)(C)C)C(=O)O)c(C)c1c32. The summed E-state index contributed by atoms with van der Waals surface area (Å²) in [5, 5.41) is 11.5. The number of ether oxygens (including phenoxy) is 2. The van der Waals surface area contributed by atoms with Crippen LogP contribution in [0.15, 0.2) is 30.3 Å². The van der Waals surface area contributed by atoms with Gasteiger partial charge in [0, 0.05) is 42.9 Å². The number of benzene rings is 2. The number of aromatic nitrogens is 1. The lowest BCUT2D eigenvalue weighted by molar-refractivity contribution is -0.160. The third kappa shape index (κ3) is 4.82. The van der Waals surface area contributed by atoms with Crippen molar-refractivity contribution in [1.29, 1.82) is 0 Å². The minimum atomic E-state index is -1.09. The van der Waals surface area contributed by atoms with Gasteiger partial charge in [-0.15, -0.1) is 0 Å². The minimum absolute atomic E-state index is 0.622. The maximum atomic E-state index is 12.7. The van der Waals surface area contributed by atoms with Crippen LogP contribution in [0.3, 0.4) is 0 Å². The molecule has 3 aromatic rings. The average molecular weight is 479 g/mol. The fourth-order valence-electron chi connectivity index (χ4n) is 5.26. The third-order valence-corrected chi connectivity index (χ3v) is 6.74. The lowest BCUT2D eigenvalue weighted by Gasteiger charge is -2.36. The summed E-state index contributed by atoms with van der Waals surface area (Å²) in [6.45, 7) is 17.8. The molecule has 1 unspecified atom stereocenters. The molecule has 2 aromatic carbocycles. The summed E-state index contributed by atoms with van der Waals surface area (Å²) < 4.78 is 14.3. The van der Waals surface area contributed by atoms with Gasteiger partial charge in [0.2, 0.25) is 0 Å². The van der Waals surface area contributed by atoms with Gasteiger partial charge in [-0.25, -0.2) is 4.79 Å². The molecule has 0 saturated heterocycles. The molecule has 0 fully saturated rings. The minimum Gasteiger partial charge on any atom is -0.479 e. The third-order valence-electron chi connectivity index (χ3n) is 6.74. The summed E-state index contributed by atoms with van der Waals surface area (Å²) in [6.07, 6.45) is -1.09. The van der Waals surface area contributed by atoms with Crippen LogP contribution in [0.5, 0.6) is 0 Å². The van der Waals surface area contributed by atoms with Gasteiger partial charge in [0.05, 0.1) is 23.4 Å². The van der Waals surface area contributed by atoms with Crippen molar-refractivity contribution in [2.24, 2.45) is 0 Å². The Morgan fingerprint density at radius 1 is 1.11 bits per heavy atom. The molecule has 4 rings (SSSR count). The Morgan fingerprint density at radius 2 is 1.80 bits per heavy atom. The highest BCUT2D eigenvalue weighted by atomic mass is 16.5. The summed E-state index contributed by atoms with van der Waals surface area (Å²) in [5.74, 6) is -0.976. The first-order valence-corrected chi connectivity index (χ1v) is 12.5. The maximum absolute atomic E-state index is 12.7. The monoisotopic (exact) mass is 478 g/mol. The molecule has 35 heavy (non-hydrogen) atoms. The molecular weight excluding hydrogens is 440 g/mol. The highest BCUT2D eigenvalue weighted by Crippen LogP contribution is 2.47. The van der Waals surface area contributed by atoms with Crippen molar-refractivity contribution in [1.82, 2.24) is 4.57 Å². The number of hydrogen-bond acceptors (Lipinski definition) is 4. The topological polar surface area (TPSA) is 63.9 Å². The number of aliphatic carboxylic acids is 1. The van der Waals surface area contributed by atoms with Crippen molar-refractivity contribution in [2.45, 2.75) is 66.7 Å². The normalized spacial score (nSPS) is 14.5. The molecule has 1 aliphatic rings. The van der Waals surface area contributed by atoms with Gasteiger partial charge in [-0.3, -0.25) is 0 Å². The lowest BCUT2D eigenvalue weighted by atomic mass is 9.87. The molecule has 1 atom stereocenters. The number of aryl methyl sites for hydroxylation is 2. The predicted octanol–water partition coefficient (Wildman–Crippen LogP) is 6.03. The predicted molar refractivity (Wildman–Crippen MR) is 142 cm³/mol. The molecule has 2 heterocycles. The van der Waals surface area contributed by atoms with E-state index in [0.717, 1.165) is 58.5 Å². The molecule has 1 aromatic heterocycles. The fourth-order valence-corrected chi connectivity index (χ4v) is 5.26. The Kier molecular flexibility index (Phi) is 6.98. The van der Waals surface area contributed by atoms with Crippen LogP contribution in [0.1, 0.15) is 56.2 Å². The lowest BCUT2D eigenvalue weighted by Crippen LogP contribution is -2.36. The smallest absolute Gasteiger partial charge is 0.337 e. The molecule has 1 aliphatic heterocycles. The van der Waals surface area contributed by atoms with Crippen molar-refractivity contribution in [3.63, 3.8) is 0 Å². The molecule has 0 bridgehead atoms. The van der Waals surface area contributed by atoms with Gasteiger partial charge in [0.1, 0.15) is 0 Å². The van der Waals surface area contributed by atoms with Crippen LogP contribution in [-0.4, -0.2) is 47.5 Å². The molecule has 1 N–H and O–H groups in total. The summed E-state index contributed by atoms with van der Waals surface area (Å²) >= 11 is 0. The quantitative estimate of drug-likeness (QED) is 0.401. The van der Waals surface area contributed by atoms with E-state index in [0.29, 0.717) is 13.2 Å². The van der Waals surface area contributed by atoms with E-state index in [2.05, 4.69) is 60.6 Å². The van der Waals surface area contributed by atoms with Gasteiger partial charge in [-0.1, -0.05) is 29.8 Å². The van der Waals surface area contributed by atoms with Crippen LogP contribution < -0.4 is 4.90 Å². The summed E-state index contributed by atoms with van der Waals surface area (Å²) in [7, 11) is 0. The second kappa shape index (κ2) is 9.67. The van der Waals surface area contributed by atoms with Gasteiger partial charge in [-0.05, 0) is 71.2 Å². The Hall–Kier alpha value is -2.83. The van der Waals surface area contributed by atoms with Gasteiger partial charge in [0.15, 0.2) is 6.10 Å². The van der Waals surface area contributed by atoms with E-state index in [9.17, 15) is 9.90 Å². The largest absolute Gasteiger partial charge is 0.479 e. The first-order valence-electron chi connectivity index (χ1n) is 12.5. The van der Waals surface area contributed by atoms with Crippen LogP contribution in [0.25, 0.3) is 22.0 Å². The number of carboxylic acids is 1. The number of hydrogen-bond donors (Lipinski definition) is 1. The van der Waals surface area contributed by atoms with Crippen LogP contribution >= 0.6 is 0 Å². The van der Waals surface area contributed by atoms with Crippen molar-refractivity contribution in [3.05, 3.63) is 52.7 Å². The molecule has 0 amide bonds. The maximum Gasteiger partial charge on any atom is 0.337 e. The number of rotatable bonds is 8. The highest BCUT2D eigenvalue weighted by molar-refractivity contribution is 6.07. The highest BCUT2D eigenvalue weighted by Gasteiger charge is 2.35. The first-order chi connectivity index (χ1) is 16.5. The van der Waals surface area contributed by atoms with E-state index in [4.69, 9.17) is 9.47 Å². The zero-order valence-electron chi connectivity index (χ0n) is 22.1. The van der Waals surface area contributed by atoms with Gasteiger partial charge < -0.3 is 24.0 Å². The summed E-state index contributed by atoms with van der Waals surface area (Å²) in [6, 6.07) is 10.6. The molecule has 0 radical (unpaired) electrons. The number of carbonyl (C=O) groups is 1.